The Hall–Kier alpha value is -1.66. The molecule has 5 nitrogen and oxygen atoms in total. The summed E-state index contributed by atoms with van der Waals surface area (Å²) in [6.45, 7) is 2.72. The van der Waals surface area contributed by atoms with Crippen LogP contribution in [-0.4, -0.2) is 20.9 Å². The molecule has 2 N–H and O–H groups in total. The number of aromatic nitrogens is 2. The van der Waals surface area contributed by atoms with Gasteiger partial charge in [-0.3, -0.25) is 4.68 Å². The van der Waals surface area contributed by atoms with E-state index in [1.165, 1.54) is 11.3 Å². The summed E-state index contributed by atoms with van der Waals surface area (Å²) in [4.78, 5) is 12.1. The van der Waals surface area contributed by atoms with Crippen LogP contribution in [0.1, 0.15) is 33.1 Å². The van der Waals surface area contributed by atoms with Gasteiger partial charge in [0.25, 0.3) is 0 Å². The molecule has 6 heteroatoms. The number of nitrogens with zero attached hydrogens (tertiary/aromatic N) is 2. The largest absolute Gasteiger partial charge is 0.477 e. The lowest BCUT2D eigenvalue weighted by atomic mass is 10.2. The van der Waals surface area contributed by atoms with Crippen molar-refractivity contribution >= 4 is 17.3 Å². The van der Waals surface area contributed by atoms with Gasteiger partial charge < -0.3 is 10.4 Å². The second-order valence-corrected chi connectivity index (χ2v) is 5.29. The fourth-order valence-corrected chi connectivity index (χ4v) is 2.42. The number of thiophene rings is 1. The molecule has 96 valence electrons. The van der Waals surface area contributed by atoms with E-state index >= 15 is 0 Å². The Morgan fingerprint density at radius 3 is 2.94 bits per heavy atom. The quantitative estimate of drug-likeness (QED) is 0.868. The molecule has 0 amide bonds. The number of hydrogen-bond donors (Lipinski definition) is 2. The smallest absolute Gasteiger partial charge is 0.345 e. The zero-order valence-electron chi connectivity index (χ0n) is 10.3. The van der Waals surface area contributed by atoms with Gasteiger partial charge in [0.05, 0.1) is 6.20 Å². The lowest BCUT2D eigenvalue weighted by molar-refractivity contribution is 0.0702. The first-order valence-electron chi connectivity index (χ1n) is 5.60. The highest BCUT2D eigenvalue weighted by Gasteiger charge is 2.09. The number of aryl methyl sites for hydroxylation is 1. The molecule has 18 heavy (non-hydrogen) atoms. The summed E-state index contributed by atoms with van der Waals surface area (Å²) in [7, 11) is 1.88. The Bertz CT molecular complexity index is 547. The molecule has 2 aromatic rings. The summed E-state index contributed by atoms with van der Waals surface area (Å²) >= 11 is 1.30. The summed E-state index contributed by atoms with van der Waals surface area (Å²) < 4.78 is 1.77. The first-order valence-corrected chi connectivity index (χ1v) is 6.42. The normalized spacial score (nSPS) is 12.6. The van der Waals surface area contributed by atoms with E-state index in [2.05, 4.69) is 17.3 Å². The first kappa shape index (κ1) is 12.8. The van der Waals surface area contributed by atoms with Gasteiger partial charge in [-0.05, 0) is 19.1 Å². The van der Waals surface area contributed by atoms with Crippen LogP contribution < -0.4 is 5.32 Å². The summed E-state index contributed by atoms with van der Waals surface area (Å²) in [5, 5.41) is 16.3. The fraction of sp³-hybridized carbons (Fsp3) is 0.333. The maximum absolute atomic E-state index is 10.8. The number of hydrogen-bond acceptors (Lipinski definition) is 4. The van der Waals surface area contributed by atoms with Gasteiger partial charge >= 0.3 is 5.97 Å². The number of carboxylic acid groups (broad SMARTS) is 1. The molecule has 0 radical (unpaired) electrons. The highest BCUT2D eigenvalue weighted by atomic mass is 32.1. The Labute approximate surface area is 109 Å². The van der Waals surface area contributed by atoms with Gasteiger partial charge in [0, 0.05) is 36.3 Å². The van der Waals surface area contributed by atoms with E-state index in [1.54, 1.807) is 10.7 Å². The molecule has 0 bridgehead atoms. The van der Waals surface area contributed by atoms with Gasteiger partial charge in [-0.1, -0.05) is 0 Å². The van der Waals surface area contributed by atoms with Crippen LogP contribution in [0.5, 0.6) is 0 Å². The van der Waals surface area contributed by atoms with Gasteiger partial charge in [-0.15, -0.1) is 11.3 Å². The Balaban J connectivity index is 1.92. The average molecular weight is 265 g/mol. The maximum atomic E-state index is 10.8. The lowest BCUT2D eigenvalue weighted by Crippen LogP contribution is -2.16. The fourth-order valence-electron chi connectivity index (χ4n) is 1.62. The molecule has 1 unspecified atom stereocenters. The Kier molecular flexibility index (Phi) is 3.78. The topological polar surface area (TPSA) is 67.2 Å². The average Bonchev–Trinajstić information content (AvgIpc) is 2.94. The summed E-state index contributed by atoms with van der Waals surface area (Å²) in [6, 6.07) is 3.67. The van der Waals surface area contributed by atoms with Gasteiger partial charge in [0.2, 0.25) is 0 Å². The minimum atomic E-state index is -0.869. The molecular formula is C12H15N3O2S. The molecule has 1 atom stereocenters. The van der Waals surface area contributed by atoms with Gasteiger partial charge in [0.15, 0.2) is 0 Å². The molecule has 0 saturated heterocycles. The van der Waals surface area contributed by atoms with Gasteiger partial charge in [-0.25, -0.2) is 4.79 Å². The first-order chi connectivity index (χ1) is 8.56. The van der Waals surface area contributed by atoms with Crippen LogP contribution in [0.25, 0.3) is 0 Å². The van der Waals surface area contributed by atoms with Crippen LogP contribution in [0.3, 0.4) is 0 Å². The standard InChI is InChI=1S/C12H15N3O2S/c1-8(9-5-14-15(2)7-9)13-6-10-3-4-11(18-10)12(16)17/h3-5,7-8,13H,6H2,1-2H3,(H,16,17). The van der Waals surface area contributed by atoms with E-state index in [0.29, 0.717) is 11.4 Å². The molecule has 2 heterocycles. The highest BCUT2D eigenvalue weighted by Crippen LogP contribution is 2.18. The summed E-state index contributed by atoms with van der Waals surface area (Å²) in [6.07, 6.45) is 3.80. The summed E-state index contributed by atoms with van der Waals surface area (Å²) in [5.74, 6) is -0.869. The molecular weight excluding hydrogens is 250 g/mol. The van der Waals surface area contributed by atoms with E-state index in [4.69, 9.17) is 5.11 Å². The van der Waals surface area contributed by atoms with Crippen molar-refractivity contribution in [2.24, 2.45) is 7.05 Å². The molecule has 0 aliphatic heterocycles. The molecule has 0 fully saturated rings. The van der Waals surface area contributed by atoms with E-state index < -0.39 is 5.97 Å². The van der Waals surface area contributed by atoms with Crippen LogP contribution in [0, 0.1) is 0 Å². The second-order valence-electron chi connectivity index (χ2n) is 4.12. The lowest BCUT2D eigenvalue weighted by Gasteiger charge is -2.10. The molecule has 2 rings (SSSR count). The third kappa shape index (κ3) is 2.96. The number of carbonyl (C=O) groups is 1. The third-order valence-corrected chi connectivity index (χ3v) is 3.75. The Morgan fingerprint density at radius 2 is 2.39 bits per heavy atom. The van der Waals surface area contributed by atoms with Crippen molar-refractivity contribution in [3.05, 3.63) is 39.8 Å². The van der Waals surface area contributed by atoms with Crippen LogP contribution in [0.4, 0.5) is 0 Å². The number of carboxylic acids is 1. The van der Waals surface area contributed by atoms with Crippen LogP contribution in [0.2, 0.25) is 0 Å². The zero-order valence-corrected chi connectivity index (χ0v) is 11.1. The molecule has 0 aliphatic rings. The van der Waals surface area contributed by atoms with Crippen molar-refractivity contribution in [1.29, 1.82) is 0 Å². The predicted octanol–water partition coefficient (Wildman–Crippen LogP) is 2.03. The monoisotopic (exact) mass is 265 g/mol. The van der Waals surface area contributed by atoms with Crippen molar-refractivity contribution < 1.29 is 9.90 Å². The van der Waals surface area contributed by atoms with Crippen molar-refractivity contribution in [3.8, 4) is 0 Å². The Morgan fingerprint density at radius 1 is 1.61 bits per heavy atom. The van der Waals surface area contributed by atoms with Crippen LogP contribution in [-0.2, 0) is 13.6 Å². The highest BCUT2D eigenvalue weighted by molar-refractivity contribution is 7.13. The SMILES string of the molecule is CC(NCc1ccc(C(=O)O)s1)c1cnn(C)c1. The summed E-state index contributed by atoms with van der Waals surface area (Å²) in [5.41, 5.74) is 1.12. The minimum absolute atomic E-state index is 0.189. The predicted molar refractivity (Wildman–Crippen MR) is 69.7 cm³/mol. The second kappa shape index (κ2) is 5.32. The molecule has 0 saturated carbocycles. The maximum Gasteiger partial charge on any atom is 0.345 e. The van der Waals surface area contributed by atoms with E-state index in [-0.39, 0.29) is 6.04 Å². The van der Waals surface area contributed by atoms with E-state index in [1.807, 2.05) is 25.5 Å². The van der Waals surface area contributed by atoms with E-state index in [9.17, 15) is 4.79 Å². The van der Waals surface area contributed by atoms with Crippen molar-refractivity contribution in [1.82, 2.24) is 15.1 Å². The van der Waals surface area contributed by atoms with Crippen LogP contribution >= 0.6 is 11.3 Å². The van der Waals surface area contributed by atoms with E-state index in [0.717, 1.165) is 10.4 Å². The van der Waals surface area contributed by atoms with Crippen LogP contribution in [0.15, 0.2) is 24.5 Å². The molecule has 0 aliphatic carbocycles. The minimum Gasteiger partial charge on any atom is -0.477 e. The van der Waals surface area contributed by atoms with Crippen molar-refractivity contribution in [2.45, 2.75) is 19.5 Å². The van der Waals surface area contributed by atoms with Gasteiger partial charge in [-0.2, -0.15) is 5.10 Å². The number of aromatic carboxylic acids is 1. The third-order valence-electron chi connectivity index (χ3n) is 2.68. The molecule has 0 spiro atoms. The van der Waals surface area contributed by atoms with Crippen molar-refractivity contribution in [2.75, 3.05) is 0 Å². The van der Waals surface area contributed by atoms with Gasteiger partial charge in [0.1, 0.15) is 4.88 Å². The van der Waals surface area contributed by atoms with Crippen molar-refractivity contribution in [3.63, 3.8) is 0 Å². The molecule has 0 aromatic carbocycles. The zero-order chi connectivity index (χ0) is 13.1. The number of nitrogens with one attached hydrogen (secondary N) is 1. The number of rotatable bonds is 5. The molecule has 2 aromatic heterocycles.